The molecule has 0 bridgehead atoms. The highest BCUT2D eigenvalue weighted by Crippen LogP contribution is 2.16. The van der Waals surface area contributed by atoms with Crippen LogP contribution >= 0.6 is 0 Å². The van der Waals surface area contributed by atoms with E-state index in [1.54, 1.807) is 31.3 Å². The molecule has 29 heavy (non-hydrogen) atoms. The van der Waals surface area contributed by atoms with Crippen molar-refractivity contribution in [3.05, 3.63) is 100 Å². The molecule has 2 heterocycles. The van der Waals surface area contributed by atoms with Crippen molar-refractivity contribution in [2.75, 3.05) is 7.05 Å². The molecule has 2 aromatic heterocycles. The number of aromatic nitrogens is 1. The van der Waals surface area contributed by atoms with Crippen LogP contribution < -0.4 is 15.5 Å². The Labute approximate surface area is 167 Å². The first-order valence-electron chi connectivity index (χ1n) is 9.22. The third-order valence-electron chi connectivity index (χ3n) is 4.63. The maximum Gasteiger partial charge on any atom is 0.251 e. The zero-order valence-electron chi connectivity index (χ0n) is 15.9. The van der Waals surface area contributed by atoms with Crippen molar-refractivity contribution >= 4 is 16.7 Å². The quantitative estimate of drug-likeness (QED) is 0.548. The molecule has 0 atom stereocenters. The fourth-order valence-corrected chi connectivity index (χ4v) is 3.10. The maximum atomic E-state index is 12.4. The SMILES string of the molecule is CNC(=O)c1ccc(COc2coc(Cn3cc4ccccc4c3)cc2=O)cc1. The normalized spacial score (nSPS) is 10.8. The number of hydrogen-bond donors (Lipinski definition) is 1. The molecule has 1 N–H and O–H groups in total. The van der Waals surface area contributed by atoms with E-state index in [4.69, 9.17) is 9.15 Å². The topological polar surface area (TPSA) is 73.5 Å². The molecule has 0 fully saturated rings. The first-order valence-corrected chi connectivity index (χ1v) is 9.22. The van der Waals surface area contributed by atoms with Gasteiger partial charge in [0.1, 0.15) is 18.6 Å². The zero-order valence-corrected chi connectivity index (χ0v) is 15.9. The minimum atomic E-state index is -0.232. The van der Waals surface area contributed by atoms with Gasteiger partial charge in [0.15, 0.2) is 0 Å². The van der Waals surface area contributed by atoms with Crippen LogP contribution in [0.4, 0.5) is 0 Å². The lowest BCUT2D eigenvalue weighted by Gasteiger charge is -2.07. The molecule has 4 aromatic rings. The third-order valence-corrected chi connectivity index (χ3v) is 4.63. The number of nitrogens with one attached hydrogen (secondary N) is 1. The van der Waals surface area contributed by atoms with Gasteiger partial charge >= 0.3 is 0 Å². The highest BCUT2D eigenvalue weighted by Gasteiger charge is 2.08. The van der Waals surface area contributed by atoms with Gasteiger partial charge in [0, 0.05) is 31.1 Å². The summed E-state index contributed by atoms with van der Waals surface area (Å²) >= 11 is 0. The molecule has 0 aliphatic heterocycles. The lowest BCUT2D eigenvalue weighted by Crippen LogP contribution is -2.17. The Balaban J connectivity index is 1.42. The van der Waals surface area contributed by atoms with E-state index in [9.17, 15) is 9.59 Å². The average molecular weight is 388 g/mol. The molecule has 0 aliphatic rings. The van der Waals surface area contributed by atoms with Crippen molar-refractivity contribution in [1.29, 1.82) is 0 Å². The average Bonchev–Trinajstić information content (AvgIpc) is 3.15. The van der Waals surface area contributed by atoms with Gasteiger partial charge in [-0.25, -0.2) is 0 Å². The minimum Gasteiger partial charge on any atom is -0.482 e. The van der Waals surface area contributed by atoms with Crippen molar-refractivity contribution in [1.82, 2.24) is 9.88 Å². The van der Waals surface area contributed by atoms with Crippen molar-refractivity contribution < 1.29 is 13.9 Å². The Bertz CT molecular complexity index is 1170. The summed E-state index contributed by atoms with van der Waals surface area (Å²) in [4.78, 5) is 23.9. The second-order valence-corrected chi connectivity index (χ2v) is 6.70. The Morgan fingerprint density at radius 1 is 1.07 bits per heavy atom. The van der Waals surface area contributed by atoms with E-state index >= 15 is 0 Å². The monoisotopic (exact) mass is 388 g/mol. The minimum absolute atomic E-state index is 0.149. The molecule has 0 saturated carbocycles. The molecule has 6 heteroatoms. The predicted octanol–water partition coefficient (Wildman–Crippen LogP) is 3.58. The fraction of sp³-hybridized carbons (Fsp3) is 0.130. The highest BCUT2D eigenvalue weighted by molar-refractivity contribution is 5.93. The summed E-state index contributed by atoms with van der Waals surface area (Å²) in [6.07, 6.45) is 5.38. The van der Waals surface area contributed by atoms with E-state index in [-0.39, 0.29) is 23.7 Å². The number of ether oxygens (including phenoxy) is 1. The van der Waals surface area contributed by atoms with Crippen LogP contribution in [-0.4, -0.2) is 17.5 Å². The second-order valence-electron chi connectivity index (χ2n) is 6.70. The number of hydrogen-bond acceptors (Lipinski definition) is 4. The number of fused-ring (bicyclic) bond motifs is 1. The Hall–Kier alpha value is -3.80. The van der Waals surface area contributed by atoms with E-state index in [0.29, 0.717) is 17.9 Å². The standard InChI is InChI=1S/C23H20N2O4/c1-24-23(27)17-8-6-16(7-9-17)14-29-22-15-28-20(10-21(22)26)13-25-11-18-4-2-3-5-19(18)12-25/h2-12,15H,13-14H2,1H3,(H,24,27). The Morgan fingerprint density at radius 3 is 2.38 bits per heavy atom. The number of benzene rings is 2. The van der Waals surface area contributed by atoms with Gasteiger partial charge in [-0.2, -0.15) is 0 Å². The molecule has 146 valence electrons. The largest absolute Gasteiger partial charge is 0.482 e. The first kappa shape index (κ1) is 18.6. The van der Waals surface area contributed by atoms with Gasteiger partial charge in [-0.15, -0.1) is 0 Å². The lowest BCUT2D eigenvalue weighted by molar-refractivity contribution is 0.0963. The number of rotatable bonds is 6. The van der Waals surface area contributed by atoms with Crippen molar-refractivity contribution in [2.24, 2.45) is 0 Å². The van der Waals surface area contributed by atoms with Gasteiger partial charge in [-0.1, -0.05) is 36.4 Å². The molecule has 0 unspecified atom stereocenters. The van der Waals surface area contributed by atoms with Gasteiger partial charge in [-0.05, 0) is 28.5 Å². The van der Waals surface area contributed by atoms with Crippen LogP contribution in [0.3, 0.4) is 0 Å². The van der Waals surface area contributed by atoms with E-state index in [2.05, 4.69) is 5.32 Å². The second kappa shape index (κ2) is 8.06. The van der Waals surface area contributed by atoms with Gasteiger partial charge < -0.3 is 19.0 Å². The summed E-state index contributed by atoms with van der Waals surface area (Å²) in [5.74, 6) is 0.559. The van der Waals surface area contributed by atoms with Crippen LogP contribution in [-0.2, 0) is 13.2 Å². The number of carbonyl (C=O) groups is 1. The maximum absolute atomic E-state index is 12.4. The number of nitrogens with zero attached hydrogens (tertiary/aromatic N) is 1. The van der Waals surface area contributed by atoms with Crippen LogP contribution in [0, 0.1) is 0 Å². The van der Waals surface area contributed by atoms with Gasteiger partial charge in [0.2, 0.25) is 11.2 Å². The van der Waals surface area contributed by atoms with Crippen LogP contribution in [0.15, 0.2) is 82.5 Å². The fourth-order valence-electron chi connectivity index (χ4n) is 3.10. The summed E-state index contributed by atoms with van der Waals surface area (Å²) < 4.78 is 13.2. The smallest absolute Gasteiger partial charge is 0.251 e. The molecule has 0 radical (unpaired) electrons. The molecule has 0 aliphatic carbocycles. The Kier molecular flexibility index (Phi) is 5.16. The Morgan fingerprint density at radius 2 is 1.76 bits per heavy atom. The summed E-state index contributed by atoms with van der Waals surface area (Å²) in [7, 11) is 1.58. The van der Waals surface area contributed by atoms with Gasteiger partial charge in [0.05, 0.1) is 6.54 Å². The predicted molar refractivity (Wildman–Crippen MR) is 110 cm³/mol. The van der Waals surface area contributed by atoms with Gasteiger partial charge in [0.25, 0.3) is 5.91 Å². The van der Waals surface area contributed by atoms with Crippen molar-refractivity contribution in [3.8, 4) is 5.75 Å². The van der Waals surface area contributed by atoms with Crippen LogP contribution in [0.5, 0.6) is 5.75 Å². The third kappa shape index (κ3) is 4.21. The van der Waals surface area contributed by atoms with E-state index < -0.39 is 0 Å². The summed E-state index contributed by atoms with van der Waals surface area (Å²) in [5, 5.41) is 4.84. The molecular formula is C23H20N2O4. The molecule has 1 amide bonds. The summed E-state index contributed by atoms with van der Waals surface area (Å²) in [5.41, 5.74) is 1.18. The summed E-state index contributed by atoms with van der Waals surface area (Å²) in [6, 6.07) is 16.5. The number of carbonyl (C=O) groups excluding carboxylic acids is 1. The molecule has 0 saturated heterocycles. The van der Waals surface area contributed by atoms with Crippen LogP contribution in [0.2, 0.25) is 0 Å². The van der Waals surface area contributed by atoms with Gasteiger partial charge in [-0.3, -0.25) is 9.59 Å². The first-order chi connectivity index (χ1) is 14.1. The van der Waals surface area contributed by atoms with Crippen molar-refractivity contribution in [3.63, 3.8) is 0 Å². The van der Waals surface area contributed by atoms with E-state index in [1.807, 2.05) is 41.2 Å². The van der Waals surface area contributed by atoms with Crippen LogP contribution in [0.25, 0.3) is 10.8 Å². The molecular weight excluding hydrogens is 368 g/mol. The molecule has 0 spiro atoms. The number of amides is 1. The zero-order chi connectivity index (χ0) is 20.2. The highest BCUT2D eigenvalue weighted by atomic mass is 16.5. The van der Waals surface area contributed by atoms with E-state index in [1.165, 1.54) is 12.3 Å². The molecule has 4 rings (SSSR count). The molecule has 2 aromatic carbocycles. The van der Waals surface area contributed by atoms with Crippen LogP contribution in [0.1, 0.15) is 21.7 Å². The molecule has 6 nitrogen and oxygen atoms in total. The summed E-state index contributed by atoms with van der Waals surface area (Å²) in [6.45, 7) is 0.673. The van der Waals surface area contributed by atoms with E-state index in [0.717, 1.165) is 16.3 Å². The lowest BCUT2D eigenvalue weighted by atomic mass is 10.1. The van der Waals surface area contributed by atoms with Crippen molar-refractivity contribution in [2.45, 2.75) is 13.2 Å².